The number of hydrogen-bond donors (Lipinski definition) is 1. The molecule has 2 atom stereocenters. The van der Waals surface area contributed by atoms with Gasteiger partial charge in [0.1, 0.15) is 22.1 Å². The van der Waals surface area contributed by atoms with Crippen LogP contribution in [-0.2, 0) is 15.8 Å². The van der Waals surface area contributed by atoms with Crippen molar-refractivity contribution in [1.29, 1.82) is 0 Å². The van der Waals surface area contributed by atoms with Crippen LogP contribution in [0.4, 0.5) is 11.6 Å². The molecular weight excluding hydrogens is 350 g/mol. The molecule has 0 saturated carbocycles. The highest BCUT2D eigenvalue weighted by atomic mass is 32.2. The summed E-state index contributed by atoms with van der Waals surface area (Å²) in [6.45, 7) is 8.93. The molecular formula is C18H23N5O2S. The fraction of sp³-hybridized carbons (Fsp3) is 0.444. The number of hydrogen-bond acceptors (Lipinski definition) is 4. The summed E-state index contributed by atoms with van der Waals surface area (Å²) in [5.74, 6) is 0.502. The number of benzene rings is 1. The molecule has 0 spiro atoms. The van der Waals surface area contributed by atoms with Crippen LogP contribution in [0.25, 0.3) is 0 Å². The Morgan fingerprint density at radius 1 is 1.15 bits per heavy atom. The van der Waals surface area contributed by atoms with Crippen LogP contribution in [0.3, 0.4) is 0 Å². The Hall–Kier alpha value is -2.03. The summed E-state index contributed by atoms with van der Waals surface area (Å²) < 4.78 is 16.8. The van der Waals surface area contributed by atoms with Crippen molar-refractivity contribution in [2.24, 2.45) is 0 Å². The number of rotatable bonds is 3. The zero-order valence-electron chi connectivity index (χ0n) is 15.2. The second-order valence-electron chi connectivity index (χ2n) is 6.89. The lowest BCUT2D eigenvalue weighted by Gasteiger charge is -2.26. The molecule has 2 aliphatic rings. The van der Waals surface area contributed by atoms with Crippen LogP contribution in [0.1, 0.15) is 24.1 Å². The first-order valence-electron chi connectivity index (χ1n) is 8.84. The van der Waals surface area contributed by atoms with Crippen LogP contribution in [0.5, 0.6) is 0 Å². The van der Waals surface area contributed by atoms with Crippen molar-refractivity contribution >= 4 is 28.5 Å². The molecule has 1 amide bonds. The van der Waals surface area contributed by atoms with Crippen LogP contribution in [-0.4, -0.2) is 50.2 Å². The van der Waals surface area contributed by atoms with E-state index in [-0.39, 0.29) is 5.91 Å². The van der Waals surface area contributed by atoms with E-state index >= 15 is 0 Å². The molecule has 2 aromatic rings. The summed E-state index contributed by atoms with van der Waals surface area (Å²) in [6, 6.07) is 5.62. The number of amides is 1. The van der Waals surface area contributed by atoms with E-state index in [4.69, 9.17) is 0 Å². The van der Waals surface area contributed by atoms with Gasteiger partial charge < -0.3 is 5.32 Å². The van der Waals surface area contributed by atoms with Crippen LogP contribution < -0.4 is 10.2 Å². The standard InChI is InChI=1S/C18H23N5O2S/c1-12-8-13(2)10-15(9-12)23-17(24)14(3)22-16(11-20-18(22)23)26(25)21-6-4-19-5-7-21/h8-11,14,19H,4-7H2,1-3H3. The van der Waals surface area contributed by atoms with Gasteiger partial charge in [-0.15, -0.1) is 0 Å². The van der Waals surface area contributed by atoms with Gasteiger partial charge in [-0.2, -0.15) is 0 Å². The molecule has 0 radical (unpaired) electrons. The van der Waals surface area contributed by atoms with E-state index in [9.17, 15) is 9.00 Å². The van der Waals surface area contributed by atoms with Crippen LogP contribution in [0, 0.1) is 13.8 Å². The van der Waals surface area contributed by atoms with Gasteiger partial charge in [0.2, 0.25) is 5.95 Å². The third-order valence-electron chi connectivity index (χ3n) is 4.86. The summed E-state index contributed by atoms with van der Waals surface area (Å²) >= 11 is 0. The van der Waals surface area contributed by atoms with Crippen molar-refractivity contribution in [2.45, 2.75) is 31.8 Å². The number of anilines is 2. The summed E-state index contributed by atoms with van der Waals surface area (Å²) in [7, 11) is -1.32. The van der Waals surface area contributed by atoms with Crippen molar-refractivity contribution < 1.29 is 9.00 Å². The Morgan fingerprint density at radius 3 is 2.46 bits per heavy atom. The Bertz CT molecular complexity index is 867. The van der Waals surface area contributed by atoms with E-state index < -0.39 is 17.0 Å². The van der Waals surface area contributed by atoms with E-state index in [1.807, 2.05) is 41.8 Å². The number of aromatic nitrogens is 2. The number of fused-ring (bicyclic) bond motifs is 1. The largest absolute Gasteiger partial charge is 0.314 e. The predicted molar refractivity (Wildman–Crippen MR) is 101 cm³/mol. The Labute approximate surface area is 155 Å². The molecule has 26 heavy (non-hydrogen) atoms. The van der Waals surface area contributed by atoms with Crippen molar-refractivity contribution in [3.8, 4) is 0 Å². The average molecular weight is 373 g/mol. The SMILES string of the molecule is Cc1cc(C)cc(N2C(=O)C(C)n3c(S(=O)N4CCNCC4)cnc32)c1. The number of nitrogens with one attached hydrogen (secondary N) is 1. The summed E-state index contributed by atoms with van der Waals surface area (Å²) in [5, 5.41) is 3.85. The first-order valence-corrected chi connectivity index (χ1v) is 9.95. The fourth-order valence-corrected chi connectivity index (χ4v) is 4.99. The number of aryl methyl sites for hydroxylation is 2. The van der Waals surface area contributed by atoms with Gasteiger partial charge in [0, 0.05) is 26.2 Å². The first-order chi connectivity index (χ1) is 12.5. The molecule has 2 unspecified atom stereocenters. The summed E-state index contributed by atoms with van der Waals surface area (Å²) in [6.07, 6.45) is 1.64. The molecule has 2 aliphatic heterocycles. The molecule has 7 nitrogen and oxygen atoms in total. The fourth-order valence-electron chi connectivity index (χ4n) is 3.66. The summed E-state index contributed by atoms with van der Waals surface area (Å²) in [4.78, 5) is 19.0. The van der Waals surface area contributed by atoms with Gasteiger partial charge in [0.05, 0.1) is 11.9 Å². The maximum absolute atomic E-state index is 13.0. The molecule has 138 valence electrons. The maximum Gasteiger partial charge on any atom is 0.256 e. The first kappa shape index (κ1) is 17.4. The van der Waals surface area contributed by atoms with Crippen molar-refractivity contribution in [2.75, 3.05) is 31.1 Å². The lowest BCUT2D eigenvalue weighted by atomic mass is 10.1. The second-order valence-corrected chi connectivity index (χ2v) is 8.32. The van der Waals surface area contributed by atoms with Crippen molar-refractivity contribution in [1.82, 2.24) is 19.2 Å². The molecule has 8 heteroatoms. The third-order valence-corrected chi connectivity index (χ3v) is 6.36. The van der Waals surface area contributed by atoms with Gasteiger partial charge in [-0.1, -0.05) is 6.07 Å². The predicted octanol–water partition coefficient (Wildman–Crippen LogP) is 1.67. The van der Waals surface area contributed by atoms with Crippen LogP contribution >= 0.6 is 0 Å². The summed E-state index contributed by atoms with van der Waals surface area (Å²) in [5.41, 5.74) is 2.99. The molecule has 0 bridgehead atoms. The van der Waals surface area contributed by atoms with Gasteiger partial charge in [-0.05, 0) is 44.0 Å². The number of carbonyl (C=O) groups excluding carboxylic acids is 1. The van der Waals surface area contributed by atoms with Crippen molar-refractivity contribution in [3.63, 3.8) is 0 Å². The lowest BCUT2D eigenvalue weighted by Crippen LogP contribution is -2.44. The average Bonchev–Trinajstić information content (AvgIpc) is 3.14. The zero-order valence-corrected chi connectivity index (χ0v) is 16.0. The maximum atomic E-state index is 13.0. The van der Waals surface area contributed by atoms with Crippen LogP contribution in [0.15, 0.2) is 29.4 Å². The van der Waals surface area contributed by atoms with Gasteiger partial charge in [-0.25, -0.2) is 18.4 Å². The lowest BCUT2D eigenvalue weighted by molar-refractivity contribution is -0.119. The minimum atomic E-state index is -1.32. The molecule has 3 heterocycles. The second kappa shape index (κ2) is 6.61. The van der Waals surface area contributed by atoms with E-state index in [0.29, 0.717) is 11.0 Å². The van der Waals surface area contributed by atoms with Gasteiger partial charge in [0.25, 0.3) is 5.91 Å². The molecule has 1 aromatic heterocycles. The number of carbonyl (C=O) groups is 1. The normalized spacial score (nSPS) is 21.9. The monoisotopic (exact) mass is 373 g/mol. The van der Waals surface area contributed by atoms with Crippen LogP contribution in [0.2, 0.25) is 0 Å². The molecule has 1 N–H and O–H groups in total. The van der Waals surface area contributed by atoms with Gasteiger partial charge in [-0.3, -0.25) is 9.36 Å². The molecule has 1 aromatic carbocycles. The van der Waals surface area contributed by atoms with E-state index in [2.05, 4.69) is 16.4 Å². The van der Waals surface area contributed by atoms with Gasteiger partial charge in [0.15, 0.2) is 0 Å². The minimum Gasteiger partial charge on any atom is -0.314 e. The van der Waals surface area contributed by atoms with E-state index in [1.54, 1.807) is 11.1 Å². The highest BCUT2D eigenvalue weighted by Gasteiger charge is 2.40. The third kappa shape index (κ3) is 2.78. The smallest absolute Gasteiger partial charge is 0.256 e. The molecule has 1 fully saturated rings. The number of imidazole rings is 1. The quantitative estimate of drug-likeness (QED) is 0.888. The minimum absolute atomic E-state index is 0.0448. The van der Waals surface area contributed by atoms with E-state index in [1.165, 1.54) is 0 Å². The number of nitrogens with zero attached hydrogens (tertiary/aromatic N) is 4. The van der Waals surface area contributed by atoms with E-state index in [0.717, 1.165) is 43.0 Å². The Morgan fingerprint density at radius 2 is 1.81 bits per heavy atom. The Kier molecular flexibility index (Phi) is 4.42. The zero-order chi connectivity index (χ0) is 18.4. The number of piperazine rings is 1. The van der Waals surface area contributed by atoms with Crippen molar-refractivity contribution in [3.05, 3.63) is 35.5 Å². The Balaban J connectivity index is 1.74. The molecule has 0 aliphatic carbocycles. The van der Waals surface area contributed by atoms with Gasteiger partial charge >= 0.3 is 0 Å². The molecule has 4 rings (SSSR count). The topological polar surface area (TPSA) is 70.5 Å². The highest BCUT2D eigenvalue weighted by Crippen LogP contribution is 2.38. The highest BCUT2D eigenvalue weighted by molar-refractivity contribution is 7.82. The molecule has 1 saturated heterocycles.